The van der Waals surface area contributed by atoms with Crippen molar-refractivity contribution in [1.82, 2.24) is 0 Å². The minimum atomic E-state index is 0.192. The highest BCUT2D eigenvalue weighted by atomic mass is 16.5. The van der Waals surface area contributed by atoms with E-state index in [1.54, 1.807) is 30.3 Å². The zero-order valence-corrected chi connectivity index (χ0v) is 19.1. The van der Waals surface area contributed by atoms with Crippen molar-refractivity contribution in [3.05, 3.63) is 95.1 Å². The summed E-state index contributed by atoms with van der Waals surface area (Å²) in [6, 6.07) is 21.8. The van der Waals surface area contributed by atoms with Gasteiger partial charge in [0.15, 0.2) is 0 Å². The second-order valence-corrected chi connectivity index (χ2v) is 8.13. The lowest BCUT2D eigenvalue weighted by Gasteiger charge is -2.29. The van der Waals surface area contributed by atoms with Gasteiger partial charge in [-0.1, -0.05) is 18.2 Å². The predicted octanol–water partition coefficient (Wildman–Crippen LogP) is 7.30. The van der Waals surface area contributed by atoms with Gasteiger partial charge < -0.3 is 25.0 Å². The molecule has 3 N–H and O–H groups in total. The predicted molar refractivity (Wildman–Crippen MR) is 132 cm³/mol. The summed E-state index contributed by atoms with van der Waals surface area (Å²) in [4.78, 5) is 2.00. The average Bonchev–Trinajstić information content (AvgIpc) is 2.80. The number of aromatic hydroxyl groups is 3. The first kappa shape index (κ1) is 22.1. The van der Waals surface area contributed by atoms with E-state index in [0.29, 0.717) is 17.1 Å². The highest BCUT2D eigenvalue weighted by Crippen LogP contribution is 2.43. The molecule has 4 aromatic carbocycles. The van der Waals surface area contributed by atoms with Gasteiger partial charge in [0.2, 0.25) is 0 Å². The van der Waals surface area contributed by atoms with E-state index in [4.69, 9.17) is 4.74 Å². The van der Waals surface area contributed by atoms with E-state index in [2.05, 4.69) is 0 Å². The number of nitrogens with zero attached hydrogens (tertiary/aromatic N) is 1. The Morgan fingerprint density at radius 3 is 1.64 bits per heavy atom. The zero-order chi connectivity index (χ0) is 23.7. The lowest BCUT2D eigenvalue weighted by molar-refractivity contribution is 0.446. The molecule has 33 heavy (non-hydrogen) atoms. The van der Waals surface area contributed by atoms with Crippen LogP contribution in [0.5, 0.6) is 28.7 Å². The number of hydrogen-bond acceptors (Lipinski definition) is 5. The third kappa shape index (κ3) is 4.17. The number of aryl methyl sites for hydroxylation is 1. The van der Waals surface area contributed by atoms with Gasteiger partial charge in [0.25, 0.3) is 0 Å². The maximum atomic E-state index is 10.3. The van der Waals surface area contributed by atoms with Crippen molar-refractivity contribution in [2.45, 2.75) is 27.7 Å². The Labute approximate surface area is 193 Å². The van der Waals surface area contributed by atoms with Gasteiger partial charge >= 0.3 is 0 Å². The van der Waals surface area contributed by atoms with Crippen molar-refractivity contribution in [3.8, 4) is 28.7 Å². The minimum absolute atomic E-state index is 0.192. The highest BCUT2D eigenvalue weighted by molar-refractivity contribution is 5.82. The Morgan fingerprint density at radius 2 is 1.09 bits per heavy atom. The normalized spacial score (nSPS) is 10.8. The van der Waals surface area contributed by atoms with Crippen LogP contribution in [-0.2, 0) is 0 Å². The molecule has 0 spiro atoms. The van der Waals surface area contributed by atoms with Crippen molar-refractivity contribution in [2.24, 2.45) is 0 Å². The monoisotopic (exact) mass is 441 g/mol. The van der Waals surface area contributed by atoms with Crippen molar-refractivity contribution in [1.29, 1.82) is 0 Å². The molecule has 5 nitrogen and oxygen atoms in total. The molecule has 0 aliphatic carbocycles. The molecule has 0 bridgehead atoms. The summed E-state index contributed by atoms with van der Waals surface area (Å²) in [5.41, 5.74) is 5.52. The Bertz CT molecular complexity index is 1260. The van der Waals surface area contributed by atoms with Gasteiger partial charge in [0.05, 0.1) is 11.4 Å². The fraction of sp³-hybridized carbons (Fsp3) is 0.143. The van der Waals surface area contributed by atoms with Crippen LogP contribution in [0.25, 0.3) is 0 Å². The van der Waals surface area contributed by atoms with Crippen LogP contribution in [0.15, 0.2) is 72.8 Å². The first-order chi connectivity index (χ1) is 15.8. The molecule has 4 aromatic rings. The van der Waals surface area contributed by atoms with E-state index < -0.39 is 0 Å². The van der Waals surface area contributed by atoms with E-state index in [9.17, 15) is 15.3 Å². The lowest BCUT2D eigenvalue weighted by atomic mass is 10.1. The Morgan fingerprint density at radius 1 is 0.576 bits per heavy atom. The summed E-state index contributed by atoms with van der Waals surface area (Å²) in [5.74, 6) is 1.86. The third-order valence-electron chi connectivity index (χ3n) is 5.92. The first-order valence-corrected chi connectivity index (χ1v) is 10.7. The molecule has 0 atom stereocenters. The summed E-state index contributed by atoms with van der Waals surface area (Å²) >= 11 is 0. The molecule has 0 radical (unpaired) electrons. The number of ether oxygens (including phenoxy) is 1. The SMILES string of the molecule is Cc1ccc(O)c(C)c1Oc1ccc(N(c2cccc(O)c2C)c2cccc(O)c2C)cc1. The Balaban J connectivity index is 1.78. The molecule has 0 saturated carbocycles. The van der Waals surface area contributed by atoms with E-state index in [1.807, 2.05) is 75.1 Å². The fourth-order valence-electron chi connectivity index (χ4n) is 3.87. The van der Waals surface area contributed by atoms with Gasteiger partial charge in [0, 0.05) is 22.4 Å². The molecule has 0 aliphatic heterocycles. The maximum absolute atomic E-state index is 10.3. The van der Waals surface area contributed by atoms with Crippen LogP contribution in [0.4, 0.5) is 17.1 Å². The number of hydrogen-bond donors (Lipinski definition) is 3. The summed E-state index contributed by atoms with van der Waals surface area (Å²) in [6.07, 6.45) is 0. The van der Waals surface area contributed by atoms with Crippen molar-refractivity contribution in [3.63, 3.8) is 0 Å². The number of anilines is 3. The van der Waals surface area contributed by atoms with Gasteiger partial charge in [0.1, 0.15) is 28.7 Å². The van der Waals surface area contributed by atoms with Crippen LogP contribution in [-0.4, -0.2) is 15.3 Å². The van der Waals surface area contributed by atoms with E-state index in [1.165, 1.54) is 0 Å². The molecule has 0 saturated heterocycles. The molecule has 168 valence electrons. The van der Waals surface area contributed by atoms with Crippen LogP contribution < -0.4 is 9.64 Å². The molecule has 4 rings (SSSR count). The van der Waals surface area contributed by atoms with Gasteiger partial charge in [-0.15, -0.1) is 0 Å². The Hall–Kier alpha value is -4.12. The van der Waals surface area contributed by atoms with Crippen molar-refractivity contribution in [2.75, 3.05) is 4.90 Å². The van der Waals surface area contributed by atoms with Crippen LogP contribution in [0.3, 0.4) is 0 Å². The number of benzene rings is 4. The Kier molecular flexibility index (Phi) is 5.88. The molecule has 5 heteroatoms. The quantitative estimate of drug-likeness (QED) is 0.303. The molecule has 0 amide bonds. The molecule has 0 aliphatic rings. The number of phenols is 3. The van der Waals surface area contributed by atoms with Crippen LogP contribution in [0, 0.1) is 27.7 Å². The van der Waals surface area contributed by atoms with Crippen molar-refractivity contribution < 1.29 is 20.1 Å². The number of rotatable bonds is 5. The van der Waals surface area contributed by atoms with Gasteiger partial charge in [-0.05, 0) is 87.9 Å². The van der Waals surface area contributed by atoms with Gasteiger partial charge in [-0.25, -0.2) is 0 Å². The molecular weight excluding hydrogens is 414 g/mol. The zero-order valence-electron chi connectivity index (χ0n) is 19.1. The third-order valence-corrected chi connectivity index (χ3v) is 5.92. The second kappa shape index (κ2) is 8.79. The van der Waals surface area contributed by atoms with E-state index in [0.717, 1.165) is 33.8 Å². The lowest BCUT2D eigenvalue weighted by Crippen LogP contribution is -2.12. The second-order valence-electron chi connectivity index (χ2n) is 8.13. The van der Waals surface area contributed by atoms with E-state index in [-0.39, 0.29) is 17.2 Å². The van der Waals surface area contributed by atoms with Crippen LogP contribution >= 0.6 is 0 Å². The summed E-state index contributed by atoms with van der Waals surface area (Å²) < 4.78 is 6.09. The first-order valence-electron chi connectivity index (χ1n) is 10.7. The molecule has 0 fully saturated rings. The molecule has 0 unspecified atom stereocenters. The largest absolute Gasteiger partial charge is 0.508 e. The van der Waals surface area contributed by atoms with E-state index >= 15 is 0 Å². The van der Waals surface area contributed by atoms with Gasteiger partial charge in [-0.3, -0.25) is 0 Å². The van der Waals surface area contributed by atoms with Gasteiger partial charge in [-0.2, -0.15) is 0 Å². The summed E-state index contributed by atoms with van der Waals surface area (Å²) in [7, 11) is 0. The summed E-state index contributed by atoms with van der Waals surface area (Å²) in [6.45, 7) is 7.48. The van der Waals surface area contributed by atoms with Crippen molar-refractivity contribution >= 4 is 17.1 Å². The standard InChI is InChI=1S/C28H27NO4/c1-17-11-16-27(32)20(4)28(17)33-22-14-12-21(13-15-22)29(23-7-5-9-25(30)18(23)2)24-8-6-10-26(31)19(24)3/h5-16,30-32H,1-4H3. The number of phenolic OH excluding ortho intramolecular Hbond substituents is 3. The topological polar surface area (TPSA) is 73.2 Å². The maximum Gasteiger partial charge on any atom is 0.136 e. The smallest absolute Gasteiger partial charge is 0.136 e. The fourth-order valence-corrected chi connectivity index (χ4v) is 3.87. The molecule has 0 aromatic heterocycles. The molecule has 0 heterocycles. The van der Waals surface area contributed by atoms with Crippen LogP contribution in [0.1, 0.15) is 22.3 Å². The van der Waals surface area contributed by atoms with Crippen LogP contribution in [0.2, 0.25) is 0 Å². The minimum Gasteiger partial charge on any atom is -0.508 e. The molecular formula is C28H27NO4. The highest BCUT2D eigenvalue weighted by Gasteiger charge is 2.19. The average molecular weight is 442 g/mol. The summed E-state index contributed by atoms with van der Waals surface area (Å²) in [5, 5.41) is 30.7.